The Labute approximate surface area is 167 Å². The molecule has 3 N–H and O–H groups in total. The lowest BCUT2D eigenvalue weighted by Gasteiger charge is -2.21. The smallest absolute Gasteiger partial charge is 0.266 e. The minimum Gasteiger partial charge on any atom is -0.378 e. The molecular weight excluding hydrogens is 377 g/mol. The molecule has 3 aromatic rings. The Kier molecular flexibility index (Phi) is 5.32. The van der Waals surface area contributed by atoms with Crippen molar-refractivity contribution in [3.63, 3.8) is 0 Å². The van der Waals surface area contributed by atoms with Crippen molar-refractivity contribution in [2.45, 2.75) is 31.9 Å². The van der Waals surface area contributed by atoms with Gasteiger partial charge in [0.05, 0.1) is 17.1 Å². The van der Waals surface area contributed by atoms with E-state index in [1.807, 2.05) is 24.3 Å². The van der Waals surface area contributed by atoms with Gasteiger partial charge in [-0.05, 0) is 37.6 Å². The number of aromatic nitrogens is 1. The molecule has 0 bridgehead atoms. The van der Waals surface area contributed by atoms with Crippen LogP contribution in [0.4, 0.5) is 24.5 Å². The monoisotopic (exact) mass is 400 g/mol. The maximum atomic E-state index is 14.5. The highest BCUT2D eigenvalue weighted by Gasteiger charge is 2.21. The van der Waals surface area contributed by atoms with E-state index in [1.54, 1.807) is 13.1 Å². The molecule has 0 spiro atoms. The second-order valence-corrected chi connectivity index (χ2v) is 7.47. The molecular formula is C22H23F3N4. The van der Waals surface area contributed by atoms with Crippen LogP contribution in [0, 0.1) is 5.82 Å². The molecule has 1 aliphatic rings. The van der Waals surface area contributed by atoms with Crippen LogP contribution in [0.5, 0.6) is 0 Å². The fraction of sp³-hybridized carbons (Fsp3) is 0.318. The predicted molar refractivity (Wildman–Crippen MR) is 110 cm³/mol. The Morgan fingerprint density at radius 3 is 2.69 bits per heavy atom. The molecule has 1 fully saturated rings. The Bertz CT molecular complexity index is 1020. The number of alkyl halides is 2. The van der Waals surface area contributed by atoms with E-state index in [0.29, 0.717) is 0 Å². The molecule has 2 atom stereocenters. The summed E-state index contributed by atoms with van der Waals surface area (Å²) in [6, 6.07) is 11.6. The molecule has 1 saturated heterocycles. The summed E-state index contributed by atoms with van der Waals surface area (Å²) in [5, 5.41) is 4.16. The number of hydrogen-bond donors (Lipinski definition) is 2. The van der Waals surface area contributed by atoms with Crippen LogP contribution < -0.4 is 16.0 Å². The number of hydrogen-bond acceptors (Lipinski definition) is 4. The van der Waals surface area contributed by atoms with Gasteiger partial charge in [-0.25, -0.2) is 13.2 Å². The number of fused-ring (bicyclic) bond motifs is 1. The summed E-state index contributed by atoms with van der Waals surface area (Å²) in [5.41, 5.74) is 8.28. The Morgan fingerprint density at radius 1 is 1.17 bits per heavy atom. The molecule has 0 radical (unpaired) electrons. The standard InChI is InChI=1S/C22H23F3N4/c1-13(16-3-2-4-17(21(16)23)22(24)25)28-20-7-9-27-19-6-5-15(11-18(19)20)29-10-8-14(26)12-29/h2-7,9,11,13-14,22H,8,10,12,26H2,1H3,(H,27,28)/t13-,14-/m1/s1. The SMILES string of the molecule is C[C@@H](Nc1ccnc2ccc(N3CC[C@@H](N)C3)cc12)c1cccc(C(F)F)c1F. The van der Waals surface area contributed by atoms with Crippen LogP contribution >= 0.6 is 0 Å². The number of halogens is 3. The van der Waals surface area contributed by atoms with Gasteiger partial charge >= 0.3 is 0 Å². The van der Waals surface area contributed by atoms with Gasteiger partial charge in [0.25, 0.3) is 6.43 Å². The summed E-state index contributed by atoms with van der Waals surface area (Å²) in [5.74, 6) is -0.868. The van der Waals surface area contributed by atoms with Crippen molar-refractivity contribution in [3.8, 4) is 0 Å². The van der Waals surface area contributed by atoms with E-state index in [-0.39, 0.29) is 11.6 Å². The van der Waals surface area contributed by atoms with Crippen molar-refractivity contribution in [1.29, 1.82) is 0 Å². The molecule has 0 amide bonds. The van der Waals surface area contributed by atoms with Crippen LogP contribution in [0.3, 0.4) is 0 Å². The summed E-state index contributed by atoms with van der Waals surface area (Å²) >= 11 is 0. The van der Waals surface area contributed by atoms with Crippen LogP contribution in [-0.2, 0) is 0 Å². The Balaban J connectivity index is 1.66. The van der Waals surface area contributed by atoms with Crippen molar-refractivity contribution >= 4 is 22.3 Å². The highest BCUT2D eigenvalue weighted by atomic mass is 19.3. The molecule has 0 saturated carbocycles. The third-order valence-corrected chi connectivity index (χ3v) is 5.45. The maximum Gasteiger partial charge on any atom is 0.266 e. The van der Waals surface area contributed by atoms with Crippen molar-refractivity contribution in [2.24, 2.45) is 5.73 Å². The van der Waals surface area contributed by atoms with Crippen molar-refractivity contribution in [2.75, 3.05) is 23.3 Å². The summed E-state index contributed by atoms with van der Waals surface area (Å²) in [6.45, 7) is 3.46. The van der Waals surface area contributed by atoms with E-state index >= 15 is 0 Å². The highest BCUT2D eigenvalue weighted by Crippen LogP contribution is 2.32. The molecule has 29 heavy (non-hydrogen) atoms. The molecule has 7 heteroatoms. The average molecular weight is 400 g/mol. The number of nitrogens with zero attached hydrogens (tertiary/aromatic N) is 2. The van der Waals surface area contributed by atoms with E-state index in [0.717, 1.165) is 47.9 Å². The predicted octanol–water partition coefficient (Wildman–Crippen LogP) is 5.02. The second kappa shape index (κ2) is 7.91. The van der Waals surface area contributed by atoms with E-state index in [1.165, 1.54) is 12.1 Å². The van der Waals surface area contributed by atoms with E-state index in [4.69, 9.17) is 5.73 Å². The van der Waals surface area contributed by atoms with Gasteiger partial charge in [-0.15, -0.1) is 0 Å². The largest absolute Gasteiger partial charge is 0.378 e. The number of rotatable bonds is 5. The second-order valence-electron chi connectivity index (χ2n) is 7.47. The number of pyridine rings is 1. The number of benzene rings is 2. The fourth-order valence-electron chi connectivity index (χ4n) is 3.86. The first-order valence-electron chi connectivity index (χ1n) is 9.66. The summed E-state index contributed by atoms with van der Waals surface area (Å²) in [4.78, 5) is 6.64. The Morgan fingerprint density at radius 2 is 1.97 bits per heavy atom. The lowest BCUT2D eigenvalue weighted by molar-refractivity contribution is 0.146. The number of anilines is 2. The van der Waals surface area contributed by atoms with Crippen LogP contribution in [0.2, 0.25) is 0 Å². The Hall–Kier alpha value is -2.80. The van der Waals surface area contributed by atoms with Crippen molar-refractivity contribution < 1.29 is 13.2 Å². The molecule has 1 aliphatic heterocycles. The summed E-state index contributed by atoms with van der Waals surface area (Å²) in [6.07, 6.45) is -0.222. The van der Waals surface area contributed by atoms with Crippen molar-refractivity contribution in [1.82, 2.24) is 4.98 Å². The molecule has 4 rings (SSSR count). The van der Waals surface area contributed by atoms with Crippen molar-refractivity contribution in [3.05, 3.63) is 65.6 Å². The van der Waals surface area contributed by atoms with E-state index < -0.39 is 23.8 Å². The topological polar surface area (TPSA) is 54.2 Å². The first kappa shape index (κ1) is 19.5. The zero-order valence-corrected chi connectivity index (χ0v) is 16.1. The molecule has 152 valence electrons. The van der Waals surface area contributed by atoms with Gasteiger partial charge in [0.15, 0.2) is 0 Å². The van der Waals surface area contributed by atoms with Gasteiger partial charge in [-0.2, -0.15) is 0 Å². The third-order valence-electron chi connectivity index (χ3n) is 5.45. The summed E-state index contributed by atoms with van der Waals surface area (Å²) < 4.78 is 40.6. The van der Waals surface area contributed by atoms with Crippen LogP contribution in [-0.4, -0.2) is 24.1 Å². The zero-order valence-electron chi connectivity index (χ0n) is 16.1. The molecule has 2 aromatic carbocycles. The van der Waals surface area contributed by atoms with Crippen LogP contribution in [0.1, 0.15) is 36.9 Å². The van der Waals surface area contributed by atoms with Gasteiger partial charge in [0, 0.05) is 47.7 Å². The highest BCUT2D eigenvalue weighted by molar-refractivity contribution is 5.93. The minimum absolute atomic E-state index is 0.169. The quantitative estimate of drug-likeness (QED) is 0.631. The van der Waals surface area contributed by atoms with E-state index in [2.05, 4.69) is 15.2 Å². The van der Waals surface area contributed by atoms with Gasteiger partial charge < -0.3 is 16.0 Å². The van der Waals surface area contributed by atoms with Gasteiger partial charge in [-0.1, -0.05) is 18.2 Å². The van der Waals surface area contributed by atoms with Crippen LogP contribution in [0.15, 0.2) is 48.7 Å². The van der Waals surface area contributed by atoms with Crippen LogP contribution in [0.25, 0.3) is 10.9 Å². The first-order valence-corrected chi connectivity index (χ1v) is 9.66. The summed E-state index contributed by atoms with van der Waals surface area (Å²) in [7, 11) is 0. The number of nitrogens with two attached hydrogens (primary N) is 1. The third kappa shape index (κ3) is 3.87. The molecule has 4 nitrogen and oxygen atoms in total. The molecule has 0 aliphatic carbocycles. The van der Waals surface area contributed by atoms with Gasteiger partial charge in [0.1, 0.15) is 5.82 Å². The molecule has 0 unspecified atom stereocenters. The van der Waals surface area contributed by atoms with Gasteiger partial charge in [-0.3, -0.25) is 4.98 Å². The lowest BCUT2D eigenvalue weighted by atomic mass is 10.0. The minimum atomic E-state index is -2.85. The zero-order chi connectivity index (χ0) is 20.5. The average Bonchev–Trinajstić information content (AvgIpc) is 3.14. The number of nitrogens with one attached hydrogen (secondary N) is 1. The molecule has 2 heterocycles. The fourth-order valence-corrected chi connectivity index (χ4v) is 3.86. The van der Waals surface area contributed by atoms with Gasteiger partial charge in [0.2, 0.25) is 0 Å². The lowest BCUT2D eigenvalue weighted by Crippen LogP contribution is -2.26. The normalized spacial score (nSPS) is 17.9. The first-order chi connectivity index (χ1) is 13.9. The van der Waals surface area contributed by atoms with E-state index in [9.17, 15) is 13.2 Å². The maximum absolute atomic E-state index is 14.5. The molecule has 1 aromatic heterocycles.